The maximum absolute atomic E-state index is 14.3. The number of hydrogen-bond donors (Lipinski definition) is 1. The summed E-state index contributed by atoms with van der Waals surface area (Å²) in [6, 6.07) is 14.1. The topological polar surface area (TPSA) is 63.3 Å². The summed E-state index contributed by atoms with van der Waals surface area (Å²) < 4.78 is 30.5. The van der Waals surface area contributed by atoms with Gasteiger partial charge >= 0.3 is 0 Å². The molecule has 1 saturated heterocycles. The molecule has 192 valence electrons. The Kier molecular flexibility index (Phi) is 8.32. The molecule has 1 amide bonds. The highest BCUT2D eigenvalue weighted by molar-refractivity contribution is 7.10. The zero-order valence-corrected chi connectivity index (χ0v) is 21.8. The fourth-order valence-corrected chi connectivity index (χ4v) is 5.70. The molecule has 7 nitrogen and oxygen atoms in total. The van der Waals surface area contributed by atoms with E-state index in [1.54, 1.807) is 29.5 Å². The predicted octanol–water partition coefficient (Wildman–Crippen LogP) is 4.59. The van der Waals surface area contributed by atoms with Crippen LogP contribution in [0.2, 0.25) is 0 Å². The van der Waals surface area contributed by atoms with Crippen molar-refractivity contribution in [3.05, 3.63) is 70.2 Å². The lowest BCUT2D eigenvalue weighted by Crippen LogP contribution is -2.52. The Morgan fingerprint density at radius 1 is 0.972 bits per heavy atom. The number of carbonyl (C=O) groups is 1. The number of benzene rings is 2. The molecular weight excluding hydrogens is 481 g/mol. The smallest absolute Gasteiger partial charge is 0.251 e. The van der Waals surface area contributed by atoms with Crippen LogP contribution >= 0.6 is 11.3 Å². The molecule has 2 atom stereocenters. The highest BCUT2D eigenvalue weighted by Gasteiger charge is 2.32. The summed E-state index contributed by atoms with van der Waals surface area (Å²) >= 11 is 1.67. The third-order valence-electron chi connectivity index (χ3n) is 6.49. The van der Waals surface area contributed by atoms with Gasteiger partial charge < -0.3 is 24.4 Å². The zero-order chi connectivity index (χ0) is 25.7. The van der Waals surface area contributed by atoms with E-state index in [0.29, 0.717) is 41.6 Å². The van der Waals surface area contributed by atoms with Crippen LogP contribution < -0.4 is 24.4 Å². The van der Waals surface area contributed by atoms with Crippen molar-refractivity contribution < 1.29 is 23.4 Å². The van der Waals surface area contributed by atoms with E-state index in [-0.39, 0.29) is 23.8 Å². The number of anilines is 1. The van der Waals surface area contributed by atoms with E-state index in [2.05, 4.69) is 21.2 Å². The third-order valence-corrected chi connectivity index (χ3v) is 7.44. The van der Waals surface area contributed by atoms with Gasteiger partial charge in [-0.05, 0) is 42.6 Å². The zero-order valence-electron chi connectivity index (χ0n) is 21.0. The molecule has 9 heteroatoms. The molecule has 2 aromatic carbocycles. The normalized spacial score (nSPS) is 15.8. The van der Waals surface area contributed by atoms with Gasteiger partial charge in [-0.15, -0.1) is 11.3 Å². The summed E-state index contributed by atoms with van der Waals surface area (Å²) in [5.41, 5.74) is 1.05. The number of hydrogen-bond acceptors (Lipinski definition) is 7. The molecule has 0 aliphatic carbocycles. The highest BCUT2D eigenvalue weighted by Crippen LogP contribution is 2.38. The molecule has 0 saturated carbocycles. The van der Waals surface area contributed by atoms with Crippen LogP contribution in [-0.2, 0) is 0 Å². The van der Waals surface area contributed by atoms with Crippen molar-refractivity contribution in [1.82, 2.24) is 10.2 Å². The second kappa shape index (κ2) is 11.6. The number of rotatable bonds is 9. The van der Waals surface area contributed by atoms with Gasteiger partial charge in [-0.1, -0.05) is 18.2 Å². The Morgan fingerprint density at radius 3 is 2.19 bits per heavy atom. The van der Waals surface area contributed by atoms with E-state index >= 15 is 0 Å². The summed E-state index contributed by atoms with van der Waals surface area (Å²) in [5, 5.41) is 5.22. The average molecular weight is 514 g/mol. The largest absolute Gasteiger partial charge is 0.493 e. The Labute approximate surface area is 215 Å². The Morgan fingerprint density at radius 2 is 1.64 bits per heavy atom. The minimum atomic E-state index is -0.228. The van der Waals surface area contributed by atoms with E-state index in [1.807, 2.05) is 30.5 Å². The van der Waals surface area contributed by atoms with Crippen molar-refractivity contribution in [3.63, 3.8) is 0 Å². The number of methoxy groups -OCH3 is 3. The van der Waals surface area contributed by atoms with Crippen LogP contribution in [0.5, 0.6) is 17.2 Å². The minimum absolute atomic E-state index is 0.0150. The molecule has 0 radical (unpaired) electrons. The quantitative estimate of drug-likeness (QED) is 0.452. The lowest BCUT2D eigenvalue weighted by Gasteiger charge is -2.42. The molecule has 4 rings (SSSR count). The van der Waals surface area contributed by atoms with Crippen molar-refractivity contribution >= 4 is 22.9 Å². The highest BCUT2D eigenvalue weighted by atomic mass is 32.1. The summed E-state index contributed by atoms with van der Waals surface area (Å²) in [4.78, 5) is 18.9. The number of para-hydroxylation sites is 1. The van der Waals surface area contributed by atoms with Gasteiger partial charge in [0.15, 0.2) is 11.5 Å². The third kappa shape index (κ3) is 5.42. The Balaban J connectivity index is 1.51. The van der Waals surface area contributed by atoms with Gasteiger partial charge in [0.2, 0.25) is 5.75 Å². The van der Waals surface area contributed by atoms with Gasteiger partial charge in [-0.2, -0.15) is 0 Å². The molecule has 0 unspecified atom stereocenters. The van der Waals surface area contributed by atoms with Crippen molar-refractivity contribution in [2.45, 2.75) is 19.0 Å². The van der Waals surface area contributed by atoms with Gasteiger partial charge in [0.05, 0.1) is 33.1 Å². The molecule has 1 N–H and O–H groups in total. The van der Waals surface area contributed by atoms with Gasteiger partial charge in [0.1, 0.15) is 5.82 Å². The number of nitrogens with zero attached hydrogens (tertiary/aromatic N) is 2. The summed E-state index contributed by atoms with van der Waals surface area (Å²) in [6.07, 6.45) is 0. The lowest BCUT2D eigenvalue weighted by molar-refractivity contribution is 0.0889. The molecule has 3 aromatic rings. The van der Waals surface area contributed by atoms with Gasteiger partial charge in [-0.3, -0.25) is 9.69 Å². The van der Waals surface area contributed by atoms with Crippen molar-refractivity contribution in [2.24, 2.45) is 0 Å². The van der Waals surface area contributed by atoms with Crippen molar-refractivity contribution in [3.8, 4) is 17.2 Å². The summed E-state index contributed by atoms with van der Waals surface area (Å²) in [7, 11) is 4.57. The number of halogens is 1. The van der Waals surface area contributed by atoms with Crippen LogP contribution in [0, 0.1) is 5.82 Å². The molecular formula is C27H32FN3O4S. The first-order valence-corrected chi connectivity index (χ1v) is 12.7. The van der Waals surface area contributed by atoms with E-state index in [0.717, 1.165) is 13.1 Å². The predicted molar refractivity (Wildman–Crippen MR) is 140 cm³/mol. The van der Waals surface area contributed by atoms with E-state index in [4.69, 9.17) is 14.2 Å². The van der Waals surface area contributed by atoms with E-state index in [1.165, 1.54) is 32.3 Å². The van der Waals surface area contributed by atoms with E-state index < -0.39 is 0 Å². The van der Waals surface area contributed by atoms with Crippen LogP contribution in [0.15, 0.2) is 53.9 Å². The van der Waals surface area contributed by atoms with Crippen LogP contribution in [0.4, 0.5) is 10.1 Å². The van der Waals surface area contributed by atoms with Gasteiger partial charge in [-0.25, -0.2) is 4.39 Å². The first kappa shape index (κ1) is 25.8. The average Bonchev–Trinajstić information content (AvgIpc) is 3.43. The Hall–Kier alpha value is -3.30. The molecule has 0 bridgehead atoms. The number of carbonyl (C=O) groups excluding carboxylic acids is 1. The van der Waals surface area contributed by atoms with E-state index in [9.17, 15) is 9.18 Å². The number of thiophene rings is 1. The maximum atomic E-state index is 14.3. The fraction of sp³-hybridized carbons (Fsp3) is 0.370. The van der Waals surface area contributed by atoms with Crippen molar-refractivity contribution in [1.29, 1.82) is 0 Å². The maximum Gasteiger partial charge on any atom is 0.251 e. The standard InChI is InChI=1S/C27H32FN3O4S/c1-18(29-27(32)19-16-22(33-2)26(35-4)23(17-19)34-3)25(24-10-7-15-36-24)31-13-11-30(12-14-31)21-9-6-5-8-20(21)28/h5-10,15-18,25H,11-14H2,1-4H3,(H,29,32)/t18-,25-/m1/s1. The van der Waals surface area contributed by atoms with Gasteiger partial charge in [0, 0.05) is 42.7 Å². The molecule has 0 spiro atoms. The van der Waals surface area contributed by atoms with Gasteiger partial charge in [0.25, 0.3) is 5.91 Å². The summed E-state index contributed by atoms with van der Waals surface area (Å²) in [6.45, 7) is 4.93. The van der Waals surface area contributed by atoms with Crippen LogP contribution in [0.1, 0.15) is 28.2 Å². The number of amides is 1. The molecule has 1 aliphatic rings. The monoisotopic (exact) mass is 513 g/mol. The molecule has 36 heavy (non-hydrogen) atoms. The second-order valence-electron chi connectivity index (χ2n) is 8.61. The van der Waals surface area contributed by atoms with Crippen LogP contribution in [0.3, 0.4) is 0 Å². The fourth-order valence-electron chi connectivity index (χ4n) is 4.73. The number of ether oxygens (including phenoxy) is 3. The Bertz CT molecular complexity index is 1140. The second-order valence-corrected chi connectivity index (χ2v) is 9.59. The first-order valence-electron chi connectivity index (χ1n) is 11.8. The summed E-state index contributed by atoms with van der Waals surface area (Å²) in [5.74, 6) is 0.858. The number of nitrogens with one attached hydrogen (secondary N) is 1. The SMILES string of the molecule is COc1cc(C(=O)N[C@H](C)[C@H](c2cccs2)N2CCN(c3ccccc3F)CC2)cc(OC)c1OC. The lowest BCUT2D eigenvalue weighted by atomic mass is 10.0. The molecule has 2 heterocycles. The van der Waals surface area contributed by atoms with Crippen molar-refractivity contribution in [2.75, 3.05) is 52.4 Å². The minimum Gasteiger partial charge on any atom is -0.493 e. The van der Waals surface area contributed by atoms with Crippen LogP contribution in [0.25, 0.3) is 0 Å². The molecule has 1 fully saturated rings. The molecule has 1 aromatic heterocycles. The first-order chi connectivity index (χ1) is 17.5. The number of piperazine rings is 1. The molecule has 1 aliphatic heterocycles. The van der Waals surface area contributed by atoms with Crippen LogP contribution in [-0.4, -0.2) is 64.4 Å².